The number of carbonyl (C=O) groups is 1. The summed E-state index contributed by atoms with van der Waals surface area (Å²) in [6.07, 6.45) is 9.96. The van der Waals surface area contributed by atoms with Crippen LogP contribution in [-0.4, -0.2) is 17.3 Å². The van der Waals surface area contributed by atoms with Crippen molar-refractivity contribution in [3.8, 4) is 0 Å². The van der Waals surface area contributed by atoms with Gasteiger partial charge in [-0.1, -0.05) is 32.6 Å². The maximum absolute atomic E-state index is 11.7. The summed E-state index contributed by atoms with van der Waals surface area (Å²) in [5.74, 6) is 0.756. The van der Waals surface area contributed by atoms with Crippen LogP contribution >= 0.6 is 11.6 Å². The van der Waals surface area contributed by atoms with Crippen LogP contribution in [0.2, 0.25) is 0 Å². The van der Waals surface area contributed by atoms with Gasteiger partial charge in [0.1, 0.15) is 0 Å². The molecule has 94 valence electrons. The number of alkyl halides is 1. The molecule has 0 saturated heterocycles. The Bertz CT molecular complexity index is 208. The van der Waals surface area contributed by atoms with Crippen molar-refractivity contribution in [2.45, 2.75) is 70.3 Å². The summed E-state index contributed by atoms with van der Waals surface area (Å²) in [6, 6.07) is 0. The molecule has 0 heterocycles. The number of amides is 1. The zero-order chi connectivity index (χ0) is 11.9. The van der Waals surface area contributed by atoms with E-state index in [0.29, 0.717) is 12.3 Å². The van der Waals surface area contributed by atoms with Crippen molar-refractivity contribution in [2.24, 2.45) is 0 Å². The summed E-state index contributed by atoms with van der Waals surface area (Å²) < 4.78 is 0. The Morgan fingerprint density at radius 3 is 2.44 bits per heavy atom. The van der Waals surface area contributed by atoms with E-state index in [4.69, 9.17) is 11.6 Å². The number of hydrogen-bond acceptors (Lipinski definition) is 1. The molecule has 0 unspecified atom stereocenters. The highest BCUT2D eigenvalue weighted by Crippen LogP contribution is 2.32. The van der Waals surface area contributed by atoms with Gasteiger partial charge in [0, 0.05) is 12.3 Å². The average Bonchev–Trinajstić information content (AvgIpc) is 2.23. The first kappa shape index (κ1) is 13.8. The maximum atomic E-state index is 11.7. The molecule has 1 rings (SSSR count). The predicted molar refractivity (Wildman–Crippen MR) is 68.8 cm³/mol. The number of carbonyl (C=O) groups excluding carboxylic acids is 1. The number of hydrogen-bond donors (Lipinski definition) is 1. The summed E-state index contributed by atoms with van der Waals surface area (Å²) in [6.45, 7) is 2.20. The van der Waals surface area contributed by atoms with Crippen molar-refractivity contribution >= 4 is 17.5 Å². The second-order valence-corrected chi connectivity index (χ2v) is 5.25. The first-order valence-electron chi connectivity index (χ1n) is 6.59. The molecule has 0 spiro atoms. The van der Waals surface area contributed by atoms with Crippen molar-refractivity contribution in [2.75, 3.05) is 5.88 Å². The van der Waals surface area contributed by atoms with Gasteiger partial charge >= 0.3 is 0 Å². The number of halogens is 1. The van der Waals surface area contributed by atoms with Gasteiger partial charge in [-0.05, 0) is 25.7 Å². The fourth-order valence-corrected chi connectivity index (χ4v) is 2.48. The minimum atomic E-state index is -0.0535. The van der Waals surface area contributed by atoms with Crippen molar-refractivity contribution in [3.05, 3.63) is 0 Å². The highest BCUT2D eigenvalue weighted by molar-refractivity contribution is 6.18. The molecular weight excluding hydrogens is 222 g/mol. The van der Waals surface area contributed by atoms with Gasteiger partial charge in [-0.15, -0.1) is 11.6 Å². The highest BCUT2D eigenvalue weighted by atomic mass is 35.5. The van der Waals surface area contributed by atoms with E-state index < -0.39 is 0 Å². The zero-order valence-corrected chi connectivity index (χ0v) is 11.1. The van der Waals surface area contributed by atoms with E-state index >= 15 is 0 Å². The summed E-state index contributed by atoms with van der Waals surface area (Å²) >= 11 is 5.89. The largest absolute Gasteiger partial charge is 0.349 e. The molecule has 1 saturated carbocycles. The SMILES string of the molecule is CCCCCCCC(=O)NC1(CCl)CCC1. The summed E-state index contributed by atoms with van der Waals surface area (Å²) in [7, 11) is 0. The number of unbranched alkanes of at least 4 members (excludes halogenated alkanes) is 4. The van der Waals surface area contributed by atoms with Crippen LogP contribution in [0.15, 0.2) is 0 Å². The van der Waals surface area contributed by atoms with E-state index in [2.05, 4.69) is 12.2 Å². The minimum absolute atomic E-state index is 0.0535. The third-order valence-electron chi connectivity index (χ3n) is 3.48. The molecule has 1 N–H and O–H groups in total. The highest BCUT2D eigenvalue weighted by Gasteiger charge is 2.37. The Balaban J connectivity index is 2.06. The molecule has 0 aromatic rings. The first-order valence-corrected chi connectivity index (χ1v) is 7.13. The van der Waals surface area contributed by atoms with Gasteiger partial charge in [0.15, 0.2) is 0 Å². The van der Waals surface area contributed by atoms with Crippen molar-refractivity contribution in [3.63, 3.8) is 0 Å². The van der Waals surface area contributed by atoms with Gasteiger partial charge in [0.2, 0.25) is 5.91 Å². The molecule has 0 bridgehead atoms. The van der Waals surface area contributed by atoms with Crippen LogP contribution in [0.5, 0.6) is 0 Å². The fraction of sp³-hybridized carbons (Fsp3) is 0.923. The molecule has 16 heavy (non-hydrogen) atoms. The summed E-state index contributed by atoms with van der Waals surface area (Å²) in [5, 5.41) is 3.10. The molecule has 1 aliphatic carbocycles. The van der Waals surface area contributed by atoms with E-state index in [9.17, 15) is 4.79 Å². The van der Waals surface area contributed by atoms with Crippen molar-refractivity contribution in [1.29, 1.82) is 0 Å². The number of nitrogens with one attached hydrogen (secondary N) is 1. The van der Waals surface area contributed by atoms with Gasteiger partial charge in [0.05, 0.1) is 5.54 Å². The lowest BCUT2D eigenvalue weighted by Gasteiger charge is -2.41. The Morgan fingerprint density at radius 1 is 1.25 bits per heavy atom. The monoisotopic (exact) mass is 245 g/mol. The fourth-order valence-electron chi connectivity index (χ4n) is 2.14. The Hall–Kier alpha value is -0.240. The average molecular weight is 246 g/mol. The minimum Gasteiger partial charge on any atom is -0.349 e. The third kappa shape index (κ3) is 4.32. The molecule has 2 nitrogen and oxygen atoms in total. The molecular formula is C13H24ClNO. The number of rotatable bonds is 8. The first-order chi connectivity index (χ1) is 7.72. The topological polar surface area (TPSA) is 29.1 Å². The molecule has 0 aliphatic heterocycles. The van der Waals surface area contributed by atoms with Crippen LogP contribution in [0.1, 0.15) is 64.7 Å². The van der Waals surface area contributed by atoms with Gasteiger partial charge in [-0.3, -0.25) is 4.79 Å². The molecule has 1 fully saturated rings. The van der Waals surface area contributed by atoms with Crippen molar-refractivity contribution < 1.29 is 4.79 Å². The van der Waals surface area contributed by atoms with Gasteiger partial charge in [-0.25, -0.2) is 0 Å². The van der Waals surface area contributed by atoms with Crippen LogP contribution in [0, 0.1) is 0 Å². The van der Waals surface area contributed by atoms with Gasteiger partial charge < -0.3 is 5.32 Å². The molecule has 1 amide bonds. The van der Waals surface area contributed by atoms with E-state index in [0.717, 1.165) is 19.3 Å². The zero-order valence-electron chi connectivity index (χ0n) is 10.4. The van der Waals surface area contributed by atoms with E-state index in [-0.39, 0.29) is 11.4 Å². The normalized spacial score (nSPS) is 17.9. The van der Waals surface area contributed by atoms with E-state index in [1.54, 1.807) is 0 Å². The van der Waals surface area contributed by atoms with Crippen LogP contribution < -0.4 is 5.32 Å². The molecule has 0 aromatic heterocycles. The van der Waals surface area contributed by atoms with Crippen LogP contribution in [0.3, 0.4) is 0 Å². The molecule has 0 aromatic carbocycles. The standard InChI is InChI=1S/C13H24ClNO/c1-2-3-4-5-6-8-12(16)15-13(11-14)9-7-10-13/h2-11H2,1H3,(H,15,16). The molecule has 0 radical (unpaired) electrons. The second-order valence-electron chi connectivity index (χ2n) is 4.98. The second kappa shape index (κ2) is 7.16. The Morgan fingerprint density at radius 2 is 1.94 bits per heavy atom. The van der Waals surface area contributed by atoms with Gasteiger partial charge in [0.25, 0.3) is 0 Å². The van der Waals surface area contributed by atoms with Gasteiger partial charge in [-0.2, -0.15) is 0 Å². The van der Waals surface area contributed by atoms with Crippen molar-refractivity contribution in [1.82, 2.24) is 5.32 Å². The van der Waals surface area contributed by atoms with E-state index in [1.165, 1.54) is 32.1 Å². The van der Waals surface area contributed by atoms with Crippen LogP contribution in [-0.2, 0) is 4.79 Å². The Kier molecular flexibility index (Phi) is 6.18. The molecule has 0 atom stereocenters. The molecule has 1 aliphatic rings. The summed E-state index contributed by atoms with van der Waals surface area (Å²) in [5.41, 5.74) is -0.0535. The lowest BCUT2D eigenvalue weighted by molar-refractivity contribution is -0.123. The van der Waals surface area contributed by atoms with Crippen LogP contribution in [0.4, 0.5) is 0 Å². The third-order valence-corrected chi connectivity index (χ3v) is 3.99. The molecule has 3 heteroatoms. The van der Waals surface area contributed by atoms with Crippen LogP contribution in [0.25, 0.3) is 0 Å². The maximum Gasteiger partial charge on any atom is 0.220 e. The smallest absolute Gasteiger partial charge is 0.220 e. The predicted octanol–water partition coefficient (Wildman–Crippen LogP) is 3.62. The lowest BCUT2D eigenvalue weighted by Crippen LogP contribution is -2.54. The quantitative estimate of drug-likeness (QED) is 0.514. The Labute approximate surface area is 104 Å². The lowest BCUT2D eigenvalue weighted by atomic mass is 9.78. The van der Waals surface area contributed by atoms with E-state index in [1.807, 2.05) is 0 Å². The summed E-state index contributed by atoms with van der Waals surface area (Å²) in [4.78, 5) is 11.7.